The van der Waals surface area contributed by atoms with Crippen LogP contribution in [0.2, 0.25) is 0 Å². The number of H-pyrrole nitrogens is 1. The van der Waals surface area contributed by atoms with Gasteiger partial charge in [0.1, 0.15) is 29.0 Å². The van der Waals surface area contributed by atoms with E-state index in [9.17, 15) is 9.50 Å². The van der Waals surface area contributed by atoms with Crippen molar-refractivity contribution in [2.45, 2.75) is 13.3 Å². The minimum absolute atomic E-state index is 0.0471. The summed E-state index contributed by atoms with van der Waals surface area (Å²) in [5, 5.41) is 18.9. The van der Waals surface area contributed by atoms with Gasteiger partial charge in [0.25, 0.3) is 0 Å². The fourth-order valence-electron chi connectivity index (χ4n) is 3.09. The summed E-state index contributed by atoms with van der Waals surface area (Å²) in [6, 6.07) is 11.6. The van der Waals surface area contributed by atoms with Gasteiger partial charge < -0.3 is 19.7 Å². The van der Waals surface area contributed by atoms with Crippen LogP contribution in [0, 0.1) is 11.2 Å². The fraction of sp³-hybridized carbons (Fsp3) is 0.200. The summed E-state index contributed by atoms with van der Waals surface area (Å²) in [5.41, 5.74) is 2.19. The lowest BCUT2D eigenvalue weighted by atomic mass is 10.2. The van der Waals surface area contributed by atoms with Gasteiger partial charge in [0.2, 0.25) is 0 Å². The van der Waals surface area contributed by atoms with E-state index < -0.39 is 0 Å². The molecule has 0 saturated heterocycles. The van der Waals surface area contributed by atoms with Crippen molar-refractivity contribution in [2.75, 3.05) is 18.1 Å². The molecule has 6 nitrogen and oxygen atoms in total. The second-order valence-electron chi connectivity index (χ2n) is 6.35. The number of aromatic nitrogens is 2. The molecule has 0 spiro atoms. The number of hydrogen-bond donors (Lipinski definition) is 3. The van der Waals surface area contributed by atoms with E-state index in [1.165, 1.54) is 12.1 Å². The lowest BCUT2D eigenvalue weighted by molar-refractivity contribution is 0.317. The maximum absolute atomic E-state index is 13.4. The van der Waals surface area contributed by atoms with Crippen LogP contribution in [0.5, 0.6) is 5.75 Å². The highest BCUT2D eigenvalue weighted by Crippen LogP contribution is 2.31. The Bertz CT molecular complexity index is 1040. The predicted octanol–water partition coefficient (Wildman–Crippen LogP) is 4.26. The van der Waals surface area contributed by atoms with Crippen molar-refractivity contribution in [3.63, 3.8) is 0 Å². The van der Waals surface area contributed by atoms with Gasteiger partial charge in [0.05, 0.1) is 29.8 Å². The van der Waals surface area contributed by atoms with Crippen molar-refractivity contribution in [3.05, 3.63) is 59.9 Å². The van der Waals surface area contributed by atoms with Gasteiger partial charge in [-0.1, -0.05) is 6.92 Å². The zero-order valence-electron chi connectivity index (χ0n) is 14.8. The minimum atomic E-state index is -0.371. The number of aromatic amines is 1. The normalized spacial score (nSPS) is 14.4. The molecule has 0 radical (unpaired) electrons. The number of nitrogens with zero attached hydrogens (tertiary/aromatic N) is 2. The number of rotatable bonds is 5. The summed E-state index contributed by atoms with van der Waals surface area (Å²) in [6.45, 7) is 2.87. The molecule has 0 saturated carbocycles. The molecule has 3 N–H and O–H groups in total. The quantitative estimate of drug-likeness (QED) is 0.630. The molecule has 0 fully saturated rings. The topological polar surface area (TPSA) is 85.2 Å². The van der Waals surface area contributed by atoms with Crippen molar-refractivity contribution in [2.24, 2.45) is 0 Å². The Balaban J connectivity index is 1.60. The van der Waals surface area contributed by atoms with E-state index in [2.05, 4.69) is 9.97 Å². The molecule has 138 valence electrons. The van der Waals surface area contributed by atoms with Gasteiger partial charge in [0, 0.05) is 5.69 Å². The molecule has 27 heavy (non-hydrogen) atoms. The predicted molar refractivity (Wildman–Crippen MR) is 103 cm³/mol. The summed E-state index contributed by atoms with van der Waals surface area (Å²) in [6.07, 6.45) is 0.932. The second kappa shape index (κ2) is 6.75. The molecular formula is C20H19FN4O2. The average molecular weight is 366 g/mol. The molecular weight excluding hydrogens is 347 g/mol. The molecule has 0 aliphatic carbocycles. The molecule has 1 aliphatic rings. The lowest BCUT2D eigenvalue weighted by Crippen LogP contribution is -2.26. The number of aliphatic hydroxyl groups is 1. The summed E-state index contributed by atoms with van der Waals surface area (Å²) in [7, 11) is 0. The van der Waals surface area contributed by atoms with E-state index in [1.807, 2.05) is 31.2 Å². The first-order valence-corrected chi connectivity index (χ1v) is 8.74. The third-order valence-electron chi connectivity index (χ3n) is 4.41. The van der Waals surface area contributed by atoms with Crippen LogP contribution in [0.15, 0.2) is 48.2 Å². The number of imidazole rings is 1. The van der Waals surface area contributed by atoms with Crippen molar-refractivity contribution in [1.29, 1.82) is 5.41 Å². The monoisotopic (exact) mass is 366 g/mol. The Hall–Kier alpha value is -3.35. The van der Waals surface area contributed by atoms with Crippen LogP contribution < -0.4 is 9.64 Å². The molecule has 3 aromatic rings. The Morgan fingerprint density at radius 3 is 2.78 bits per heavy atom. The van der Waals surface area contributed by atoms with E-state index in [-0.39, 0.29) is 24.0 Å². The summed E-state index contributed by atoms with van der Waals surface area (Å²) in [4.78, 5) is 9.05. The molecule has 2 heterocycles. The largest absolute Gasteiger partial charge is 0.509 e. The Morgan fingerprint density at radius 1 is 1.26 bits per heavy atom. The van der Waals surface area contributed by atoms with Gasteiger partial charge in [0.15, 0.2) is 0 Å². The third kappa shape index (κ3) is 3.12. The zero-order chi connectivity index (χ0) is 19.0. The van der Waals surface area contributed by atoms with Crippen molar-refractivity contribution in [3.8, 4) is 5.75 Å². The van der Waals surface area contributed by atoms with E-state index in [1.54, 1.807) is 11.0 Å². The highest BCUT2D eigenvalue weighted by Gasteiger charge is 2.31. The van der Waals surface area contributed by atoms with Crippen LogP contribution >= 0.6 is 0 Å². The van der Waals surface area contributed by atoms with E-state index in [4.69, 9.17) is 10.1 Å². The van der Waals surface area contributed by atoms with Gasteiger partial charge in [-0.05, 0) is 48.9 Å². The molecule has 4 rings (SSSR count). The maximum Gasteiger partial charge on any atom is 0.145 e. The maximum atomic E-state index is 13.4. The summed E-state index contributed by atoms with van der Waals surface area (Å²) < 4.78 is 19.0. The van der Waals surface area contributed by atoms with Crippen LogP contribution in [-0.4, -0.2) is 34.1 Å². The SMILES string of the molecule is CCCOc1ccc(N2CC(O)=C(c3nc4ccc(F)cc4[nH]3)C2=N)cc1. The highest BCUT2D eigenvalue weighted by atomic mass is 19.1. The van der Waals surface area contributed by atoms with Gasteiger partial charge in [-0.3, -0.25) is 5.41 Å². The molecule has 0 atom stereocenters. The highest BCUT2D eigenvalue weighted by molar-refractivity contribution is 6.30. The zero-order valence-corrected chi connectivity index (χ0v) is 14.8. The fourth-order valence-corrected chi connectivity index (χ4v) is 3.09. The Morgan fingerprint density at radius 2 is 2.04 bits per heavy atom. The average Bonchev–Trinajstić information content (AvgIpc) is 3.20. The molecule has 0 bridgehead atoms. The molecule has 7 heteroatoms. The first-order valence-electron chi connectivity index (χ1n) is 8.74. The summed E-state index contributed by atoms with van der Waals surface area (Å²) >= 11 is 0. The van der Waals surface area contributed by atoms with Crippen LogP contribution in [0.4, 0.5) is 10.1 Å². The number of amidine groups is 1. The van der Waals surface area contributed by atoms with E-state index in [0.29, 0.717) is 29.0 Å². The first kappa shape index (κ1) is 17.1. The van der Waals surface area contributed by atoms with Gasteiger partial charge in [-0.25, -0.2) is 9.37 Å². The third-order valence-corrected chi connectivity index (χ3v) is 4.41. The molecule has 1 aliphatic heterocycles. The van der Waals surface area contributed by atoms with Crippen LogP contribution in [-0.2, 0) is 0 Å². The number of anilines is 1. The lowest BCUT2D eigenvalue weighted by Gasteiger charge is -2.19. The van der Waals surface area contributed by atoms with Crippen LogP contribution in [0.3, 0.4) is 0 Å². The smallest absolute Gasteiger partial charge is 0.145 e. The Kier molecular flexibility index (Phi) is 4.27. The van der Waals surface area contributed by atoms with Gasteiger partial charge in [-0.15, -0.1) is 0 Å². The number of fused-ring (bicyclic) bond motifs is 1. The van der Waals surface area contributed by atoms with E-state index >= 15 is 0 Å². The number of hydrogen-bond acceptors (Lipinski definition) is 4. The van der Waals surface area contributed by atoms with Gasteiger partial charge in [-0.2, -0.15) is 0 Å². The second-order valence-corrected chi connectivity index (χ2v) is 6.35. The number of aliphatic hydroxyl groups excluding tert-OH is 1. The summed E-state index contributed by atoms with van der Waals surface area (Å²) in [5.74, 6) is 0.927. The van der Waals surface area contributed by atoms with Crippen molar-refractivity contribution >= 4 is 28.1 Å². The number of nitrogens with one attached hydrogen (secondary N) is 2. The molecule has 1 aromatic heterocycles. The molecule has 0 amide bonds. The number of benzene rings is 2. The number of ether oxygens (including phenoxy) is 1. The number of halogens is 1. The van der Waals surface area contributed by atoms with Crippen molar-refractivity contribution in [1.82, 2.24) is 9.97 Å². The molecule has 0 unspecified atom stereocenters. The molecule has 2 aromatic carbocycles. The van der Waals surface area contributed by atoms with Crippen LogP contribution in [0.1, 0.15) is 19.2 Å². The van der Waals surface area contributed by atoms with Crippen LogP contribution in [0.25, 0.3) is 16.6 Å². The first-order chi connectivity index (χ1) is 13.1. The van der Waals surface area contributed by atoms with E-state index in [0.717, 1.165) is 17.9 Å². The standard InChI is InChI=1S/C20H19FN4O2/c1-2-9-27-14-6-4-13(5-7-14)25-11-17(26)18(19(25)22)20-23-15-8-3-12(21)10-16(15)24-20/h3-8,10,22,26H,2,9,11H2,1H3,(H,23,24). The Labute approximate surface area is 155 Å². The minimum Gasteiger partial charge on any atom is -0.509 e. The van der Waals surface area contributed by atoms with Gasteiger partial charge >= 0.3 is 0 Å². The van der Waals surface area contributed by atoms with Crippen molar-refractivity contribution < 1.29 is 14.2 Å².